The standard InChI is InChI=1S/C11H16BN/c1-3-10-5-7-11(8-6-10)9-13(12)4-2/h5-8H,3-4,9H2,1-2H3. The number of aryl methyl sites for hydroxylation is 1. The molecule has 1 aromatic rings. The summed E-state index contributed by atoms with van der Waals surface area (Å²) in [6.07, 6.45) is 1.10. The summed E-state index contributed by atoms with van der Waals surface area (Å²) >= 11 is 0. The van der Waals surface area contributed by atoms with Crippen LogP contribution in [0.2, 0.25) is 0 Å². The molecule has 2 heteroatoms. The monoisotopic (exact) mass is 173 g/mol. The average molecular weight is 173 g/mol. The normalized spacial score (nSPS) is 10.7. The van der Waals surface area contributed by atoms with Crippen molar-refractivity contribution in [1.29, 1.82) is 0 Å². The van der Waals surface area contributed by atoms with Crippen molar-refractivity contribution < 1.29 is 0 Å². The smallest absolute Gasteiger partial charge is 0.182 e. The van der Waals surface area contributed by atoms with Gasteiger partial charge in [-0.05, 0) is 24.1 Å². The van der Waals surface area contributed by atoms with Gasteiger partial charge in [0.15, 0.2) is 7.98 Å². The van der Waals surface area contributed by atoms with E-state index in [0.29, 0.717) is 0 Å². The lowest BCUT2D eigenvalue weighted by Gasteiger charge is -2.14. The fourth-order valence-electron chi connectivity index (χ4n) is 1.23. The molecule has 0 aliphatic rings. The second-order valence-electron chi connectivity index (χ2n) is 3.23. The summed E-state index contributed by atoms with van der Waals surface area (Å²) in [5.41, 5.74) is 2.66. The van der Waals surface area contributed by atoms with E-state index in [4.69, 9.17) is 7.98 Å². The van der Waals surface area contributed by atoms with E-state index in [9.17, 15) is 0 Å². The van der Waals surface area contributed by atoms with E-state index in [0.717, 1.165) is 19.5 Å². The van der Waals surface area contributed by atoms with Gasteiger partial charge in [0.2, 0.25) is 0 Å². The number of hydrogen-bond donors (Lipinski definition) is 0. The zero-order valence-electron chi connectivity index (χ0n) is 8.46. The van der Waals surface area contributed by atoms with Gasteiger partial charge in [-0.15, -0.1) is 0 Å². The maximum atomic E-state index is 5.71. The molecule has 0 spiro atoms. The van der Waals surface area contributed by atoms with Gasteiger partial charge in [0, 0.05) is 6.54 Å². The Kier molecular flexibility index (Phi) is 4.03. The average Bonchev–Trinajstić information content (AvgIpc) is 2.19. The minimum absolute atomic E-state index is 0.834. The highest BCUT2D eigenvalue weighted by Crippen LogP contribution is 2.06. The lowest BCUT2D eigenvalue weighted by Crippen LogP contribution is -2.18. The summed E-state index contributed by atoms with van der Waals surface area (Å²) in [4.78, 5) is 1.81. The molecule has 0 N–H and O–H groups in total. The molecule has 0 heterocycles. The molecule has 68 valence electrons. The molecule has 0 aliphatic carbocycles. The van der Waals surface area contributed by atoms with Crippen LogP contribution in [0.1, 0.15) is 25.0 Å². The highest BCUT2D eigenvalue weighted by molar-refractivity contribution is 6.04. The van der Waals surface area contributed by atoms with Crippen molar-refractivity contribution in [2.75, 3.05) is 6.54 Å². The molecule has 2 radical (unpaired) electrons. The minimum atomic E-state index is 0.834. The summed E-state index contributed by atoms with van der Waals surface area (Å²) in [5, 5.41) is 0. The van der Waals surface area contributed by atoms with Crippen LogP contribution in [0.25, 0.3) is 0 Å². The van der Waals surface area contributed by atoms with E-state index in [1.807, 2.05) is 0 Å². The Bertz CT molecular complexity index is 243. The Labute approximate surface area is 82.2 Å². The van der Waals surface area contributed by atoms with Crippen molar-refractivity contribution in [3.63, 3.8) is 0 Å². The highest BCUT2D eigenvalue weighted by atomic mass is 15.0. The second kappa shape index (κ2) is 5.08. The molecule has 0 saturated carbocycles. The van der Waals surface area contributed by atoms with Crippen LogP contribution in [0.4, 0.5) is 0 Å². The third kappa shape index (κ3) is 3.23. The van der Waals surface area contributed by atoms with Crippen LogP contribution in [0.15, 0.2) is 24.3 Å². The molecule has 0 atom stereocenters. The predicted octanol–water partition coefficient (Wildman–Crippen LogP) is 2.15. The summed E-state index contributed by atoms with van der Waals surface area (Å²) in [7, 11) is 5.71. The van der Waals surface area contributed by atoms with Gasteiger partial charge in [0.25, 0.3) is 0 Å². The van der Waals surface area contributed by atoms with Gasteiger partial charge in [0.1, 0.15) is 0 Å². The van der Waals surface area contributed by atoms with Crippen LogP contribution in [-0.2, 0) is 13.0 Å². The lowest BCUT2D eigenvalue weighted by atomic mass is 10.1. The topological polar surface area (TPSA) is 3.24 Å². The molecule has 0 bridgehead atoms. The first-order valence-corrected chi connectivity index (χ1v) is 4.83. The zero-order valence-corrected chi connectivity index (χ0v) is 8.46. The Morgan fingerprint density at radius 1 is 1.08 bits per heavy atom. The van der Waals surface area contributed by atoms with Gasteiger partial charge in [-0.2, -0.15) is 0 Å². The fourth-order valence-corrected chi connectivity index (χ4v) is 1.23. The van der Waals surface area contributed by atoms with Crippen molar-refractivity contribution in [3.05, 3.63) is 35.4 Å². The Morgan fingerprint density at radius 2 is 1.62 bits per heavy atom. The van der Waals surface area contributed by atoms with Crippen LogP contribution in [0.3, 0.4) is 0 Å². The van der Waals surface area contributed by atoms with Gasteiger partial charge < -0.3 is 4.81 Å². The van der Waals surface area contributed by atoms with Crippen LogP contribution in [0.5, 0.6) is 0 Å². The molecule has 0 unspecified atom stereocenters. The van der Waals surface area contributed by atoms with Gasteiger partial charge in [0.05, 0.1) is 0 Å². The Hall–Kier alpha value is -0.755. The molecule has 1 aromatic carbocycles. The van der Waals surface area contributed by atoms with E-state index in [1.165, 1.54) is 11.1 Å². The third-order valence-electron chi connectivity index (χ3n) is 2.22. The highest BCUT2D eigenvalue weighted by Gasteiger charge is 1.96. The number of nitrogens with zero attached hydrogens (tertiary/aromatic N) is 1. The van der Waals surface area contributed by atoms with E-state index < -0.39 is 0 Å². The van der Waals surface area contributed by atoms with E-state index in [-0.39, 0.29) is 0 Å². The summed E-state index contributed by atoms with van der Waals surface area (Å²) in [6.45, 7) is 5.94. The SMILES string of the molecule is [B]N(CC)Cc1ccc(CC)cc1. The van der Waals surface area contributed by atoms with Crippen molar-refractivity contribution in [1.82, 2.24) is 4.81 Å². The van der Waals surface area contributed by atoms with Crippen molar-refractivity contribution >= 4 is 7.98 Å². The number of rotatable bonds is 4. The van der Waals surface area contributed by atoms with Crippen LogP contribution in [0, 0.1) is 0 Å². The van der Waals surface area contributed by atoms with Gasteiger partial charge in [-0.25, -0.2) is 0 Å². The first-order valence-electron chi connectivity index (χ1n) is 4.83. The maximum absolute atomic E-state index is 5.71. The zero-order chi connectivity index (χ0) is 9.68. The molecule has 0 aromatic heterocycles. The van der Waals surface area contributed by atoms with Crippen LogP contribution < -0.4 is 0 Å². The number of hydrogen-bond acceptors (Lipinski definition) is 1. The largest absolute Gasteiger partial charge is 0.350 e. The van der Waals surface area contributed by atoms with Crippen molar-refractivity contribution in [2.45, 2.75) is 26.8 Å². The molecular weight excluding hydrogens is 157 g/mol. The Balaban J connectivity index is 2.58. The molecule has 0 fully saturated rings. The maximum Gasteiger partial charge on any atom is 0.182 e. The van der Waals surface area contributed by atoms with Gasteiger partial charge in [-0.1, -0.05) is 38.1 Å². The quantitative estimate of drug-likeness (QED) is 0.630. The predicted molar refractivity (Wildman–Crippen MR) is 57.7 cm³/mol. The minimum Gasteiger partial charge on any atom is -0.350 e. The second-order valence-corrected chi connectivity index (χ2v) is 3.23. The molecule has 0 amide bonds. The molecule has 0 saturated heterocycles. The van der Waals surface area contributed by atoms with E-state index in [2.05, 4.69) is 38.1 Å². The summed E-state index contributed by atoms with van der Waals surface area (Å²) in [5.74, 6) is 0. The molecular formula is C11H16BN. The molecule has 1 nitrogen and oxygen atoms in total. The van der Waals surface area contributed by atoms with E-state index >= 15 is 0 Å². The lowest BCUT2D eigenvalue weighted by molar-refractivity contribution is 0.473. The molecule has 0 aliphatic heterocycles. The fraction of sp³-hybridized carbons (Fsp3) is 0.455. The molecule has 1 rings (SSSR count). The van der Waals surface area contributed by atoms with Gasteiger partial charge >= 0.3 is 0 Å². The molecule has 13 heavy (non-hydrogen) atoms. The van der Waals surface area contributed by atoms with Gasteiger partial charge in [-0.3, -0.25) is 0 Å². The first-order chi connectivity index (χ1) is 6.26. The van der Waals surface area contributed by atoms with Crippen LogP contribution in [-0.4, -0.2) is 19.3 Å². The van der Waals surface area contributed by atoms with Crippen LogP contribution >= 0.6 is 0 Å². The Morgan fingerprint density at radius 3 is 2.08 bits per heavy atom. The number of benzene rings is 1. The summed E-state index contributed by atoms with van der Waals surface area (Å²) in [6, 6.07) is 8.63. The van der Waals surface area contributed by atoms with Crippen molar-refractivity contribution in [3.8, 4) is 0 Å². The third-order valence-corrected chi connectivity index (χ3v) is 2.22. The first kappa shape index (κ1) is 10.3. The van der Waals surface area contributed by atoms with Crippen molar-refractivity contribution in [2.24, 2.45) is 0 Å². The van der Waals surface area contributed by atoms with E-state index in [1.54, 1.807) is 4.81 Å². The summed E-state index contributed by atoms with van der Waals surface area (Å²) < 4.78 is 0.